The number of benzene rings is 1. The van der Waals surface area contributed by atoms with Gasteiger partial charge in [0.1, 0.15) is 0 Å². The van der Waals surface area contributed by atoms with Crippen molar-refractivity contribution in [3.05, 3.63) is 40.5 Å². The van der Waals surface area contributed by atoms with E-state index in [0.29, 0.717) is 17.0 Å². The summed E-state index contributed by atoms with van der Waals surface area (Å²) in [6.45, 7) is 4.37. The first-order valence-corrected chi connectivity index (χ1v) is 7.55. The maximum absolute atomic E-state index is 5.16. The number of methoxy groups -OCH3 is 1. The number of rotatable bonds is 4. The van der Waals surface area contributed by atoms with Gasteiger partial charge in [0, 0.05) is 11.1 Å². The third kappa shape index (κ3) is 3.70. The van der Waals surface area contributed by atoms with Gasteiger partial charge in [0.05, 0.1) is 11.6 Å². The highest BCUT2D eigenvalue weighted by Crippen LogP contribution is 2.29. The minimum absolute atomic E-state index is 0.545. The molecule has 0 fully saturated rings. The molecule has 0 radical (unpaired) electrons. The zero-order valence-corrected chi connectivity index (χ0v) is 13.5. The zero-order valence-electron chi connectivity index (χ0n) is 11.1. The van der Waals surface area contributed by atoms with Crippen LogP contribution in [0.3, 0.4) is 0 Å². The smallest absolute Gasteiger partial charge is 0.231 e. The van der Waals surface area contributed by atoms with Crippen molar-refractivity contribution in [1.29, 1.82) is 0 Å². The minimum Gasteiger partial charge on any atom is -0.480 e. The average molecular weight is 339 g/mol. The first-order valence-electron chi connectivity index (χ1n) is 5.94. The second kappa shape index (κ2) is 6.39. The summed E-state index contributed by atoms with van der Waals surface area (Å²) in [6.07, 6.45) is 1.71. The molecule has 0 aliphatic carbocycles. The van der Waals surface area contributed by atoms with Crippen LogP contribution in [0.4, 0.5) is 0 Å². The highest BCUT2D eigenvalue weighted by Gasteiger charge is 2.07. The normalized spacial score (nSPS) is 10.8. The third-order valence-electron chi connectivity index (χ3n) is 2.64. The number of hydrogen-bond donors (Lipinski definition) is 0. The molecule has 0 saturated heterocycles. The monoisotopic (exact) mass is 338 g/mol. The predicted octanol–water partition coefficient (Wildman–Crippen LogP) is 4.52. The molecule has 0 bridgehead atoms. The van der Waals surface area contributed by atoms with E-state index in [9.17, 15) is 0 Å². The van der Waals surface area contributed by atoms with Crippen LogP contribution in [0.1, 0.15) is 25.3 Å². The Morgan fingerprint density at radius 1 is 1.21 bits per heavy atom. The molecule has 0 aliphatic heterocycles. The highest BCUT2D eigenvalue weighted by molar-refractivity contribution is 9.10. The van der Waals surface area contributed by atoms with E-state index < -0.39 is 0 Å². The van der Waals surface area contributed by atoms with Gasteiger partial charge in [-0.3, -0.25) is 0 Å². The zero-order chi connectivity index (χ0) is 13.8. The Kier molecular flexibility index (Phi) is 4.82. The molecule has 0 spiro atoms. The van der Waals surface area contributed by atoms with Crippen LogP contribution in [0.5, 0.6) is 5.88 Å². The Balaban J connectivity index is 2.16. The van der Waals surface area contributed by atoms with E-state index >= 15 is 0 Å². The molecule has 0 aliphatic rings. The van der Waals surface area contributed by atoms with Crippen LogP contribution in [0.2, 0.25) is 0 Å². The first kappa shape index (κ1) is 14.3. The van der Waals surface area contributed by atoms with Crippen molar-refractivity contribution in [2.24, 2.45) is 0 Å². The highest BCUT2D eigenvalue weighted by atomic mass is 79.9. The molecule has 3 nitrogen and oxygen atoms in total. The van der Waals surface area contributed by atoms with Gasteiger partial charge in [0.15, 0.2) is 5.16 Å². The van der Waals surface area contributed by atoms with Crippen LogP contribution in [0, 0.1) is 0 Å². The van der Waals surface area contributed by atoms with Crippen molar-refractivity contribution in [2.75, 3.05) is 7.11 Å². The van der Waals surface area contributed by atoms with Gasteiger partial charge >= 0.3 is 0 Å². The van der Waals surface area contributed by atoms with Crippen molar-refractivity contribution in [1.82, 2.24) is 9.97 Å². The molecule has 1 aromatic heterocycles. The summed E-state index contributed by atoms with van der Waals surface area (Å²) in [4.78, 5) is 9.71. The van der Waals surface area contributed by atoms with Gasteiger partial charge in [0.2, 0.25) is 5.88 Å². The summed E-state index contributed by atoms with van der Waals surface area (Å²) >= 11 is 4.87. The largest absolute Gasteiger partial charge is 0.480 e. The van der Waals surface area contributed by atoms with Crippen molar-refractivity contribution >= 4 is 27.7 Å². The summed E-state index contributed by atoms with van der Waals surface area (Å²) in [5.41, 5.74) is 1.33. The van der Waals surface area contributed by atoms with Crippen molar-refractivity contribution in [3.63, 3.8) is 0 Å². The fraction of sp³-hybridized carbons (Fsp3) is 0.286. The topological polar surface area (TPSA) is 35.0 Å². The SMILES string of the molecule is COc1nc(Sc2ccc(C(C)C)cc2)ncc1Br. The predicted molar refractivity (Wildman–Crippen MR) is 80.9 cm³/mol. The fourth-order valence-electron chi connectivity index (χ4n) is 1.55. The van der Waals surface area contributed by atoms with Gasteiger partial charge in [-0.25, -0.2) is 4.98 Å². The molecule has 0 amide bonds. The van der Waals surface area contributed by atoms with Crippen LogP contribution in [0.25, 0.3) is 0 Å². The second-order valence-electron chi connectivity index (χ2n) is 4.34. The molecule has 100 valence electrons. The van der Waals surface area contributed by atoms with E-state index in [1.165, 1.54) is 17.3 Å². The standard InChI is InChI=1S/C14H15BrN2OS/c1-9(2)10-4-6-11(7-5-10)19-14-16-8-12(15)13(17-14)18-3/h4-9H,1-3H3. The molecular formula is C14H15BrN2OS. The minimum atomic E-state index is 0.545. The van der Waals surface area contributed by atoms with Crippen molar-refractivity contribution in [3.8, 4) is 5.88 Å². The quantitative estimate of drug-likeness (QED) is 0.767. The summed E-state index contributed by atoms with van der Waals surface area (Å²) in [5.74, 6) is 1.10. The summed E-state index contributed by atoms with van der Waals surface area (Å²) in [7, 11) is 1.60. The van der Waals surface area contributed by atoms with E-state index in [4.69, 9.17) is 4.74 Å². The van der Waals surface area contributed by atoms with Gasteiger partial charge in [-0.2, -0.15) is 4.98 Å². The van der Waals surface area contributed by atoms with Crippen LogP contribution in [-0.4, -0.2) is 17.1 Å². The van der Waals surface area contributed by atoms with Crippen LogP contribution in [-0.2, 0) is 0 Å². The summed E-state index contributed by atoms with van der Waals surface area (Å²) in [5, 5.41) is 0.678. The van der Waals surface area contributed by atoms with E-state index in [1.54, 1.807) is 13.3 Å². The maximum Gasteiger partial charge on any atom is 0.231 e. The van der Waals surface area contributed by atoms with Crippen molar-refractivity contribution in [2.45, 2.75) is 29.8 Å². The molecule has 1 aromatic carbocycles. The number of aromatic nitrogens is 2. The van der Waals surface area contributed by atoms with Crippen molar-refractivity contribution < 1.29 is 4.74 Å². The lowest BCUT2D eigenvalue weighted by Gasteiger charge is -2.07. The van der Waals surface area contributed by atoms with Gasteiger partial charge in [-0.05, 0) is 51.3 Å². The molecule has 1 heterocycles. The van der Waals surface area contributed by atoms with Crippen LogP contribution in [0.15, 0.2) is 45.0 Å². The van der Waals surface area contributed by atoms with E-state index in [0.717, 1.165) is 9.37 Å². The summed E-state index contributed by atoms with van der Waals surface area (Å²) in [6, 6.07) is 8.47. The lowest BCUT2D eigenvalue weighted by molar-refractivity contribution is 0.389. The van der Waals surface area contributed by atoms with Crippen LogP contribution >= 0.6 is 27.7 Å². The Morgan fingerprint density at radius 2 is 1.89 bits per heavy atom. The van der Waals surface area contributed by atoms with Gasteiger partial charge < -0.3 is 4.74 Å². The molecule has 2 aromatic rings. The van der Waals surface area contributed by atoms with Gasteiger partial charge in [0.25, 0.3) is 0 Å². The average Bonchev–Trinajstić information content (AvgIpc) is 2.41. The fourth-order valence-corrected chi connectivity index (χ4v) is 2.62. The Morgan fingerprint density at radius 3 is 2.47 bits per heavy atom. The third-order valence-corrected chi connectivity index (χ3v) is 4.07. The lowest BCUT2D eigenvalue weighted by atomic mass is 10.0. The summed E-state index contributed by atoms with van der Waals surface area (Å²) < 4.78 is 5.92. The molecule has 0 N–H and O–H groups in total. The molecule has 5 heteroatoms. The van der Waals surface area contributed by atoms with E-state index in [-0.39, 0.29) is 0 Å². The maximum atomic E-state index is 5.16. The molecule has 0 saturated carbocycles. The Bertz CT molecular complexity index is 558. The first-order chi connectivity index (χ1) is 9.10. The van der Waals surface area contributed by atoms with E-state index in [2.05, 4.69) is 64.0 Å². The molecule has 0 atom stereocenters. The lowest BCUT2D eigenvalue weighted by Crippen LogP contribution is -1.93. The second-order valence-corrected chi connectivity index (χ2v) is 6.23. The number of ether oxygens (including phenoxy) is 1. The molecule has 0 unspecified atom stereocenters. The molecule has 19 heavy (non-hydrogen) atoms. The number of hydrogen-bond acceptors (Lipinski definition) is 4. The number of halogens is 1. The Hall–Kier alpha value is -1.07. The van der Waals surface area contributed by atoms with Gasteiger partial charge in [-0.15, -0.1) is 0 Å². The van der Waals surface area contributed by atoms with Crippen LogP contribution < -0.4 is 4.74 Å². The number of nitrogens with zero attached hydrogens (tertiary/aromatic N) is 2. The Labute approximate surface area is 125 Å². The van der Waals surface area contributed by atoms with Gasteiger partial charge in [-0.1, -0.05) is 26.0 Å². The molecule has 2 rings (SSSR count). The molecular weight excluding hydrogens is 324 g/mol. The van der Waals surface area contributed by atoms with E-state index in [1.807, 2.05) is 0 Å².